The maximum Gasteiger partial charge on any atom is 0.245 e. The van der Waals surface area contributed by atoms with E-state index in [1.54, 1.807) is 9.80 Å². The summed E-state index contributed by atoms with van der Waals surface area (Å²) in [7, 11) is 0. The molecular formula is C40H60N8O5. The lowest BCUT2D eigenvalue weighted by molar-refractivity contribution is -0.164. The molecule has 0 aliphatic carbocycles. The highest BCUT2D eigenvalue weighted by Crippen LogP contribution is 2.34. The first-order valence-corrected chi connectivity index (χ1v) is 19.1. The van der Waals surface area contributed by atoms with Gasteiger partial charge in [-0.05, 0) is 68.0 Å². The largest absolute Gasteiger partial charge is 0.343 e. The van der Waals surface area contributed by atoms with E-state index in [-0.39, 0.29) is 42.2 Å². The van der Waals surface area contributed by atoms with Gasteiger partial charge in [0.05, 0.1) is 24.2 Å². The molecule has 13 nitrogen and oxygen atoms in total. The van der Waals surface area contributed by atoms with Crippen LogP contribution in [0.15, 0.2) is 60.7 Å². The number of nitrogens with one attached hydrogen (secondary N) is 3. The summed E-state index contributed by atoms with van der Waals surface area (Å²) in [4.78, 5) is 72.0. The Bertz CT molecular complexity index is 1510. The molecule has 0 spiro atoms. The fourth-order valence-electron chi connectivity index (χ4n) is 7.12. The Hall–Kier alpha value is -4.33. The van der Waals surface area contributed by atoms with Gasteiger partial charge in [0.15, 0.2) is 0 Å². The monoisotopic (exact) mass is 732 g/mol. The van der Waals surface area contributed by atoms with E-state index in [1.807, 2.05) is 88.4 Å². The van der Waals surface area contributed by atoms with Gasteiger partial charge in [0.2, 0.25) is 29.5 Å². The van der Waals surface area contributed by atoms with E-state index in [9.17, 15) is 24.0 Å². The van der Waals surface area contributed by atoms with Crippen molar-refractivity contribution in [2.24, 2.45) is 29.0 Å². The molecule has 7 atom stereocenters. The van der Waals surface area contributed by atoms with Gasteiger partial charge in [-0.3, -0.25) is 24.0 Å². The van der Waals surface area contributed by atoms with Gasteiger partial charge in [-0.25, -0.2) is 0 Å². The molecule has 2 aromatic carbocycles. The Morgan fingerprint density at radius 3 is 1.77 bits per heavy atom. The van der Waals surface area contributed by atoms with Crippen LogP contribution in [0.3, 0.4) is 0 Å². The molecule has 2 heterocycles. The molecule has 2 bridgehead atoms. The van der Waals surface area contributed by atoms with Crippen LogP contribution in [0.25, 0.3) is 0 Å². The van der Waals surface area contributed by atoms with Crippen molar-refractivity contribution in [2.75, 3.05) is 19.6 Å². The second kappa shape index (κ2) is 19.7. The molecule has 9 N–H and O–H groups in total. The summed E-state index contributed by atoms with van der Waals surface area (Å²) in [5.41, 5.74) is 19.9. The van der Waals surface area contributed by atoms with Gasteiger partial charge in [-0.15, -0.1) is 0 Å². The van der Waals surface area contributed by atoms with E-state index in [0.717, 1.165) is 17.5 Å². The number of nitrogens with two attached hydrogens (primary N) is 3. The predicted molar refractivity (Wildman–Crippen MR) is 205 cm³/mol. The molecule has 2 aliphatic rings. The summed E-state index contributed by atoms with van der Waals surface area (Å²) in [6.07, 6.45) is 3.26. The van der Waals surface area contributed by atoms with Crippen LogP contribution in [0.1, 0.15) is 70.9 Å². The number of fused-ring (bicyclic) bond motifs is 2. The number of nitrogens with zero attached hydrogens (tertiary/aromatic N) is 2. The fraction of sp³-hybridized carbons (Fsp3) is 0.575. The van der Waals surface area contributed by atoms with E-state index >= 15 is 0 Å². The smallest absolute Gasteiger partial charge is 0.245 e. The highest BCUT2D eigenvalue weighted by molar-refractivity contribution is 5.95. The summed E-state index contributed by atoms with van der Waals surface area (Å²) >= 11 is 0. The molecule has 4 rings (SSSR count). The van der Waals surface area contributed by atoms with Crippen LogP contribution >= 0.6 is 0 Å². The Balaban J connectivity index is 1.47. The molecule has 13 heteroatoms. The summed E-state index contributed by atoms with van der Waals surface area (Å²) in [6, 6.07) is 14.1. The van der Waals surface area contributed by atoms with Crippen molar-refractivity contribution in [2.45, 2.75) is 115 Å². The summed E-state index contributed by atoms with van der Waals surface area (Å²) in [5, 5.41) is 8.71. The Morgan fingerprint density at radius 2 is 1.23 bits per heavy atom. The molecule has 7 unspecified atom stereocenters. The van der Waals surface area contributed by atoms with Crippen LogP contribution in [0.2, 0.25) is 0 Å². The SMILES string of the molecule is CC(C)CC(NC(=O)C(Cc1ccccc1)NC(=O)C(N)Cc1ccccc1)C(=O)NC(CCCCN)C(=O)N1C2CC1CN(C(=O)C(N)C(C)C)C2. The van der Waals surface area contributed by atoms with E-state index in [0.29, 0.717) is 51.7 Å². The average Bonchev–Trinajstić information content (AvgIpc) is 3.13. The van der Waals surface area contributed by atoms with Crippen LogP contribution < -0.4 is 33.2 Å². The average molecular weight is 733 g/mol. The van der Waals surface area contributed by atoms with Crippen LogP contribution in [-0.2, 0) is 36.8 Å². The maximum atomic E-state index is 14.1. The minimum Gasteiger partial charge on any atom is -0.343 e. The lowest BCUT2D eigenvalue weighted by Gasteiger charge is -2.57. The number of carbonyl (C=O) groups excluding carboxylic acids is 5. The Labute approximate surface area is 314 Å². The second-order valence-electron chi connectivity index (χ2n) is 15.4. The van der Waals surface area contributed by atoms with Gasteiger partial charge < -0.3 is 43.0 Å². The van der Waals surface area contributed by atoms with Crippen molar-refractivity contribution in [3.05, 3.63) is 71.8 Å². The van der Waals surface area contributed by atoms with Crippen molar-refractivity contribution in [1.29, 1.82) is 0 Å². The van der Waals surface area contributed by atoms with Gasteiger partial charge in [0, 0.05) is 19.5 Å². The van der Waals surface area contributed by atoms with Gasteiger partial charge in [-0.1, -0.05) is 88.4 Å². The third kappa shape index (κ3) is 11.6. The summed E-state index contributed by atoms with van der Waals surface area (Å²) in [5.74, 6) is -1.77. The Kier molecular flexibility index (Phi) is 15.4. The van der Waals surface area contributed by atoms with Crippen molar-refractivity contribution in [1.82, 2.24) is 25.8 Å². The van der Waals surface area contributed by atoms with Gasteiger partial charge in [-0.2, -0.15) is 0 Å². The maximum absolute atomic E-state index is 14.1. The first-order valence-electron chi connectivity index (χ1n) is 19.1. The van der Waals surface area contributed by atoms with Crippen LogP contribution in [-0.4, -0.2) is 101 Å². The highest BCUT2D eigenvalue weighted by Gasteiger charge is 2.50. The lowest BCUT2D eigenvalue weighted by Crippen LogP contribution is -2.73. The van der Waals surface area contributed by atoms with Crippen LogP contribution in [0.4, 0.5) is 0 Å². The molecule has 2 saturated heterocycles. The number of piperazine rings is 1. The second-order valence-corrected chi connectivity index (χ2v) is 15.4. The minimum atomic E-state index is -1.01. The van der Waals surface area contributed by atoms with E-state index in [1.165, 1.54) is 0 Å². The number of rotatable bonds is 19. The third-order valence-corrected chi connectivity index (χ3v) is 10.2. The fourth-order valence-corrected chi connectivity index (χ4v) is 7.12. The zero-order valence-corrected chi connectivity index (χ0v) is 31.7. The topological polar surface area (TPSA) is 206 Å². The molecule has 5 amide bonds. The number of likely N-dealkylation sites (tertiary alicyclic amines) is 2. The van der Waals surface area contributed by atoms with E-state index < -0.39 is 47.9 Å². The quantitative estimate of drug-likeness (QED) is 0.116. The molecule has 2 aliphatic heterocycles. The van der Waals surface area contributed by atoms with Gasteiger partial charge >= 0.3 is 0 Å². The lowest BCUT2D eigenvalue weighted by atomic mass is 9.85. The number of unbranched alkanes of at least 4 members (excludes halogenated alkanes) is 1. The first-order chi connectivity index (χ1) is 25.3. The number of amides is 5. The molecule has 2 aromatic rings. The van der Waals surface area contributed by atoms with Crippen molar-refractivity contribution < 1.29 is 24.0 Å². The molecule has 53 heavy (non-hydrogen) atoms. The van der Waals surface area contributed by atoms with E-state index in [2.05, 4.69) is 16.0 Å². The number of benzene rings is 2. The highest BCUT2D eigenvalue weighted by atomic mass is 16.2. The van der Waals surface area contributed by atoms with Crippen LogP contribution in [0.5, 0.6) is 0 Å². The first kappa shape index (κ1) is 41.4. The summed E-state index contributed by atoms with van der Waals surface area (Å²) < 4.78 is 0. The molecular weight excluding hydrogens is 672 g/mol. The normalized spacial score (nSPS) is 19.4. The molecule has 290 valence electrons. The van der Waals surface area contributed by atoms with E-state index in [4.69, 9.17) is 17.2 Å². The number of carbonyl (C=O) groups is 5. The van der Waals surface area contributed by atoms with Crippen molar-refractivity contribution in [3.8, 4) is 0 Å². The zero-order chi connectivity index (χ0) is 38.7. The molecule has 0 radical (unpaired) electrons. The third-order valence-electron chi connectivity index (χ3n) is 10.2. The van der Waals surface area contributed by atoms with Crippen LogP contribution in [0, 0.1) is 11.8 Å². The number of hydrogen-bond acceptors (Lipinski definition) is 8. The van der Waals surface area contributed by atoms with Crippen molar-refractivity contribution >= 4 is 29.5 Å². The molecule has 2 fully saturated rings. The molecule has 0 saturated carbocycles. The molecule has 0 aromatic heterocycles. The zero-order valence-electron chi connectivity index (χ0n) is 31.7. The summed E-state index contributed by atoms with van der Waals surface area (Å²) in [6.45, 7) is 8.97. The van der Waals surface area contributed by atoms with Crippen molar-refractivity contribution in [3.63, 3.8) is 0 Å². The predicted octanol–water partition coefficient (Wildman–Crippen LogP) is 1.22. The van der Waals surface area contributed by atoms with Gasteiger partial charge in [0.25, 0.3) is 0 Å². The Morgan fingerprint density at radius 1 is 0.698 bits per heavy atom. The number of piperidine rings is 1. The minimum absolute atomic E-state index is 0.00186. The number of hydrogen-bond donors (Lipinski definition) is 6. The van der Waals surface area contributed by atoms with Gasteiger partial charge in [0.1, 0.15) is 18.1 Å². The standard InChI is InChI=1S/C40H60N8O5/c1-25(2)19-33(46-38(51)34(21-28-15-9-6-10-16-28)45-36(49)31(42)20-27-13-7-5-8-14-27)37(50)44-32(17-11-12-18-41)39(52)48-29-22-30(48)24-47(23-29)40(53)35(43)26(3)4/h5-10,13-16,25-26,29-35H,11-12,17-24,41-43H2,1-4H3,(H,44,50)(H,45,49)(H,46,51).